The Morgan fingerprint density at radius 3 is 2.62 bits per heavy atom. The molecule has 0 radical (unpaired) electrons. The van der Waals surface area contributed by atoms with Crippen molar-refractivity contribution in [3.8, 4) is 11.5 Å². The minimum Gasteiger partial charge on any atom is -0.496 e. The van der Waals surface area contributed by atoms with Crippen LogP contribution in [0.2, 0.25) is 0 Å². The zero-order chi connectivity index (χ0) is 15.2. The Labute approximate surface area is 133 Å². The summed E-state index contributed by atoms with van der Waals surface area (Å²) in [4.78, 5) is 0. The number of benzene rings is 2. The van der Waals surface area contributed by atoms with Gasteiger partial charge in [0.05, 0.1) is 7.11 Å². The molecule has 110 valence electrons. The lowest BCUT2D eigenvalue weighted by molar-refractivity contribution is 0.294. The van der Waals surface area contributed by atoms with Crippen LogP contribution in [-0.4, -0.2) is 7.11 Å². The van der Waals surface area contributed by atoms with Crippen molar-refractivity contribution in [1.82, 2.24) is 0 Å². The number of nitrogen functional groups attached to an aromatic ring is 1. The molecular weight excluding hydrogens is 330 g/mol. The van der Waals surface area contributed by atoms with Crippen LogP contribution >= 0.6 is 15.9 Å². The molecule has 2 N–H and O–H groups in total. The van der Waals surface area contributed by atoms with Crippen molar-refractivity contribution < 1.29 is 9.47 Å². The lowest BCUT2D eigenvalue weighted by Crippen LogP contribution is -2.01. The average Bonchev–Trinajstić information content (AvgIpc) is 2.47. The first-order valence-corrected chi connectivity index (χ1v) is 7.38. The van der Waals surface area contributed by atoms with Crippen molar-refractivity contribution >= 4 is 21.6 Å². The molecule has 21 heavy (non-hydrogen) atoms. The van der Waals surface area contributed by atoms with Crippen LogP contribution in [0, 0.1) is 0 Å². The minimum atomic E-state index is 0.427. The molecule has 0 saturated heterocycles. The number of anilines is 1. The van der Waals surface area contributed by atoms with E-state index in [9.17, 15) is 0 Å². The van der Waals surface area contributed by atoms with Gasteiger partial charge in [-0.25, -0.2) is 0 Å². The van der Waals surface area contributed by atoms with E-state index in [4.69, 9.17) is 15.2 Å². The number of hydrogen-bond acceptors (Lipinski definition) is 3. The van der Waals surface area contributed by atoms with E-state index in [0.717, 1.165) is 39.2 Å². The van der Waals surface area contributed by atoms with Gasteiger partial charge in [0.15, 0.2) is 0 Å². The molecule has 2 aromatic rings. The third kappa shape index (κ3) is 4.02. The molecule has 0 aliphatic rings. The number of allylic oxidation sites excluding steroid dienone is 1. The molecule has 0 aromatic heterocycles. The normalized spacial score (nSPS) is 10.2. The maximum Gasteiger partial charge on any atom is 0.125 e. The van der Waals surface area contributed by atoms with Gasteiger partial charge in [0.1, 0.15) is 18.1 Å². The molecule has 3 nitrogen and oxygen atoms in total. The summed E-state index contributed by atoms with van der Waals surface area (Å²) in [5, 5.41) is 0. The minimum absolute atomic E-state index is 0.427. The second kappa shape index (κ2) is 7.18. The predicted octanol–water partition coefficient (Wildman–Crippen LogP) is 4.35. The fraction of sp³-hybridized carbons (Fsp3) is 0.176. The van der Waals surface area contributed by atoms with Gasteiger partial charge in [-0.05, 0) is 48.4 Å². The Bertz CT molecular complexity index is 641. The van der Waals surface area contributed by atoms with Crippen LogP contribution in [0.25, 0.3) is 0 Å². The topological polar surface area (TPSA) is 44.5 Å². The van der Waals surface area contributed by atoms with E-state index in [1.807, 2.05) is 42.5 Å². The van der Waals surface area contributed by atoms with E-state index >= 15 is 0 Å². The first-order valence-electron chi connectivity index (χ1n) is 6.58. The van der Waals surface area contributed by atoms with Gasteiger partial charge in [-0.15, -0.1) is 6.58 Å². The van der Waals surface area contributed by atoms with Crippen LogP contribution in [0.1, 0.15) is 11.1 Å². The average molecular weight is 348 g/mol. The van der Waals surface area contributed by atoms with E-state index in [1.165, 1.54) is 0 Å². The SMILES string of the molecule is C=CCc1cc(N)ccc1OCc1cc(Br)ccc1OC. The first-order chi connectivity index (χ1) is 10.1. The molecule has 0 aliphatic heterocycles. The number of methoxy groups -OCH3 is 1. The van der Waals surface area contributed by atoms with E-state index < -0.39 is 0 Å². The van der Waals surface area contributed by atoms with Crippen molar-refractivity contribution in [3.63, 3.8) is 0 Å². The van der Waals surface area contributed by atoms with Gasteiger partial charge >= 0.3 is 0 Å². The molecule has 0 aliphatic carbocycles. The zero-order valence-corrected chi connectivity index (χ0v) is 13.5. The smallest absolute Gasteiger partial charge is 0.125 e. The van der Waals surface area contributed by atoms with Gasteiger partial charge < -0.3 is 15.2 Å². The van der Waals surface area contributed by atoms with Gasteiger partial charge in [0, 0.05) is 15.7 Å². The molecule has 0 saturated carbocycles. The molecule has 0 heterocycles. The summed E-state index contributed by atoms with van der Waals surface area (Å²) in [6.07, 6.45) is 2.55. The van der Waals surface area contributed by atoms with Crippen LogP contribution in [-0.2, 0) is 13.0 Å². The van der Waals surface area contributed by atoms with Gasteiger partial charge in [-0.3, -0.25) is 0 Å². The third-order valence-corrected chi connectivity index (χ3v) is 3.57. The third-order valence-electron chi connectivity index (χ3n) is 3.07. The van der Waals surface area contributed by atoms with Crippen LogP contribution < -0.4 is 15.2 Å². The highest BCUT2D eigenvalue weighted by molar-refractivity contribution is 9.10. The van der Waals surface area contributed by atoms with E-state index in [0.29, 0.717) is 6.61 Å². The van der Waals surface area contributed by atoms with Gasteiger partial charge in [0.2, 0.25) is 0 Å². The second-order valence-electron chi connectivity index (χ2n) is 4.60. The van der Waals surface area contributed by atoms with Crippen LogP contribution in [0.4, 0.5) is 5.69 Å². The van der Waals surface area contributed by atoms with Crippen molar-refractivity contribution in [2.75, 3.05) is 12.8 Å². The monoisotopic (exact) mass is 347 g/mol. The number of halogens is 1. The fourth-order valence-corrected chi connectivity index (χ4v) is 2.48. The molecule has 0 bridgehead atoms. The molecule has 2 rings (SSSR count). The van der Waals surface area contributed by atoms with Gasteiger partial charge in [-0.1, -0.05) is 22.0 Å². The molecule has 2 aromatic carbocycles. The second-order valence-corrected chi connectivity index (χ2v) is 5.52. The molecule has 0 atom stereocenters. The van der Waals surface area contributed by atoms with E-state index in [1.54, 1.807) is 7.11 Å². The summed E-state index contributed by atoms with van der Waals surface area (Å²) in [7, 11) is 1.65. The van der Waals surface area contributed by atoms with Crippen molar-refractivity contribution in [2.24, 2.45) is 0 Å². The highest BCUT2D eigenvalue weighted by Gasteiger charge is 2.07. The van der Waals surface area contributed by atoms with Crippen LogP contribution in [0.5, 0.6) is 11.5 Å². The lowest BCUT2D eigenvalue weighted by atomic mass is 10.1. The van der Waals surface area contributed by atoms with Crippen molar-refractivity contribution in [2.45, 2.75) is 13.0 Å². The standard InChI is InChI=1S/C17H18BrNO2/c1-3-4-12-10-15(19)6-8-17(12)21-11-13-9-14(18)5-7-16(13)20-2/h3,5-10H,1,4,11,19H2,2H3. The number of nitrogens with two attached hydrogens (primary N) is 1. The van der Waals surface area contributed by atoms with Gasteiger partial charge in [0.25, 0.3) is 0 Å². The molecule has 0 fully saturated rings. The molecule has 0 amide bonds. The summed E-state index contributed by atoms with van der Waals surface area (Å²) in [5.74, 6) is 1.62. The Hall–Kier alpha value is -1.94. The molecule has 0 spiro atoms. The van der Waals surface area contributed by atoms with Crippen LogP contribution in [0.3, 0.4) is 0 Å². The summed E-state index contributed by atoms with van der Waals surface area (Å²) in [6.45, 7) is 4.19. The summed E-state index contributed by atoms with van der Waals surface area (Å²) < 4.78 is 12.3. The first kappa shape index (κ1) is 15.4. The largest absolute Gasteiger partial charge is 0.496 e. The number of hydrogen-bond donors (Lipinski definition) is 1. The van der Waals surface area contributed by atoms with E-state index in [-0.39, 0.29) is 0 Å². The Balaban J connectivity index is 2.20. The number of rotatable bonds is 6. The van der Waals surface area contributed by atoms with E-state index in [2.05, 4.69) is 22.5 Å². The maximum atomic E-state index is 5.92. The van der Waals surface area contributed by atoms with Crippen molar-refractivity contribution in [3.05, 3.63) is 64.7 Å². The Kier molecular flexibility index (Phi) is 5.28. The number of ether oxygens (including phenoxy) is 2. The zero-order valence-electron chi connectivity index (χ0n) is 11.9. The highest BCUT2D eigenvalue weighted by atomic mass is 79.9. The lowest BCUT2D eigenvalue weighted by Gasteiger charge is -2.13. The summed E-state index contributed by atoms with van der Waals surface area (Å²) in [5.41, 5.74) is 8.54. The van der Waals surface area contributed by atoms with Crippen LogP contribution in [0.15, 0.2) is 53.5 Å². The molecule has 0 unspecified atom stereocenters. The Morgan fingerprint density at radius 1 is 1.14 bits per heavy atom. The fourth-order valence-electron chi connectivity index (χ4n) is 2.07. The van der Waals surface area contributed by atoms with Gasteiger partial charge in [-0.2, -0.15) is 0 Å². The summed E-state index contributed by atoms with van der Waals surface area (Å²) in [6, 6.07) is 11.5. The Morgan fingerprint density at radius 2 is 1.90 bits per heavy atom. The maximum absolute atomic E-state index is 5.92. The quantitative estimate of drug-likeness (QED) is 0.624. The predicted molar refractivity (Wildman–Crippen MR) is 89.8 cm³/mol. The van der Waals surface area contributed by atoms with Crippen molar-refractivity contribution in [1.29, 1.82) is 0 Å². The highest BCUT2D eigenvalue weighted by Crippen LogP contribution is 2.27. The molecular formula is C17H18BrNO2. The summed E-state index contributed by atoms with van der Waals surface area (Å²) >= 11 is 3.46. The molecule has 4 heteroatoms.